The van der Waals surface area contributed by atoms with Crippen LogP contribution >= 0.6 is 0 Å². The van der Waals surface area contributed by atoms with Crippen molar-refractivity contribution >= 4 is 5.91 Å². The molecule has 30 heavy (non-hydrogen) atoms. The van der Waals surface area contributed by atoms with Crippen LogP contribution in [0.3, 0.4) is 0 Å². The van der Waals surface area contributed by atoms with Crippen molar-refractivity contribution in [2.24, 2.45) is 0 Å². The zero-order valence-electron chi connectivity index (χ0n) is 17.9. The number of amides is 1. The van der Waals surface area contributed by atoms with Gasteiger partial charge in [-0.25, -0.2) is 0 Å². The highest BCUT2D eigenvalue weighted by Gasteiger charge is 2.21. The fraction of sp³-hybridized carbons (Fsp3) is 0.269. The average Bonchev–Trinajstić information content (AvgIpc) is 2.79. The molecular formula is C26H29NO3. The third-order valence-electron chi connectivity index (χ3n) is 5.23. The Kier molecular flexibility index (Phi) is 7.50. The first-order chi connectivity index (χ1) is 14.6. The van der Waals surface area contributed by atoms with Crippen LogP contribution in [0.5, 0.6) is 11.5 Å². The van der Waals surface area contributed by atoms with Crippen LogP contribution in [0.2, 0.25) is 0 Å². The Balaban J connectivity index is 1.93. The van der Waals surface area contributed by atoms with Crippen LogP contribution in [-0.2, 0) is 24.1 Å². The molecule has 3 aromatic carbocycles. The molecule has 0 aliphatic carbocycles. The molecule has 0 saturated carbocycles. The minimum absolute atomic E-state index is 0.000955. The van der Waals surface area contributed by atoms with Crippen molar-refractivity contribution in [1.29, 1.82) is 0 Å². The Hall–Kier alpha value is -3.27. The molecule has 1 amide bonds. The van der Waals surface area contributed by atoms with Crippen molar-refractivity contribution in [2.45, 2.75) is 32.2 Å². The predicted octanol–water partition coefficient (Wildman–Crippen LogP) is 4.91. The van der Waals surface area contributed by atoms with E-state index in [9.17, 15) is 4.79 Å². The molecule has 0 radical (unpaired) electrons. The second-order valence-electron chi connectivity index (χ2n) is 7.23. The van der Waals surface area contributed by atoms with Gasteiger partial charge in [-0.3, -0.25) is 4.79 Å². The van der Waals surface area contributed by atoms with Crippen molar-refractivity contribution in [2.75, 3.05) is 14.2 Å². The van der Waals surface area contributed by atoms with E-state index in [1.807, 2.05) is 60.7 Å². The normalized spacial score (nSPS) is 11.6. The third kappa shape index (κ3) is 5.41. The summed E-state index contributed by atoms with van der Waals surface area (Å²) in [5.41, 5.74) is 4.35. The van der Waals surface area contributed by atoms with Crippen molar-refractivity contribution in [3.05, 3.63) is 95.1 Å². The van der Waals surface area contributed by atoms with Gasteiger partial charge in [0.25, 0.3) is 0 Å². The number of nitrogens with one attached hydrogen (secondary N) is 1. The van der Waals surface area contributed by atoms with E-state index in [-0.39, 0.29) is 11.9 Å². The van der Waals surface area contributed by atoms with Gasteiger partial charge in [0, 0.05) is 0 Å². The van der Waals surface area contributed by atoms with Crippen LogP contribution in [0, 0.1) is 0 Å². The lowest BCUT2D eigenvalue weighted by Crippen LogP contribution is -2.32. The maximum absolute atomic E-state index is 12.9. The fourth-order valence-corrected chi connectivity index (χ4v) is 3.68. The lowest BCUT2D eigenvalue weighted by molar-refractivity contribution is -0.121. The molecule has 1 atom stereocenters. The van der Waals surface area contributed by atoms with Crippen molar-refractivity contribution in [3.63, 3.8) is 0 Å². The summed E-state index contributed by atoms with van der Waals surface area (Å²) in [5.74, 6) is 1.37. The molecule has 0 bridgehead atoms. The first-order valence-electron chi connectivity index (χ1n) is 10.3. The van der Waals surface area contributed by atoms with E-state index in [0.29, 0.717) is 24.3 Å². The number of hydrogen-bond acceptors (Lipinski definition) is 3. The van der Waals surface area contributed by atoms with Gasteiger partial charge in [0.1, 0.15) is 0 Å². The molecule has 4 heteroatoms. The van der Waals surface area contributed by atoms with Crippen LogP contribution in [0.1, 0.15) is 35.2 Å². The Labute approximate surface area is 178 Å². The highest BCUT2D eigenvalue weighted by Crippen LogP contribution is 2.34. The van der Waals surface area contributed by atoms with Crippen molar-refractivity contribution in [3.8, 4) is 11.5 Å². The van der Waals surface area contributed by atoms with E-state index in [2.05, 4.69) is 24.4 Å². The number of ether oxygens (including phenoxy) is 2. The number of hydrogen-bond donors (Lipinski definition) is 1. The number of carbonyl (C=O) groups is 1. The second kappa shape index (κ2) is 10.5. The van der Waals surface area contributed by atoms with E-state index < -0.39 is 0 Å². The van der Waals surface area contributed by atoms with Gasteiger partial charge in [0.15, 0.2) is 11.5 Å². The van der Waals surface area contributed by atoms with Crippen molar-refractivity contribution < 1.29 is 14.3 Å². The highest BCUT2D eigenvalue weighted by molar-refractivity contribution is 5.79. The van der Waals surface area contributed by atoms with E-state index in [4.69, 9.17) is 9.47 Å². The van der Waals surface area contributed by atoms with Gasteiger partial charge in [0.05, 0.1) is 26.7 Å². The summed E-state index contributed by atoms with van der Waals surface area (Å²) in [6.45, 7) is 2.11. The van der Waals surface area contributed by atoms with Gasteiger partial charge in [-0.15, -0.1) is 0 Å². The van der Waals surface area contributed by atoms with Gasteiger partial charge in [0.2, 0.25) is 5.91 Å². The molecule has 0 aliphatic rings. The summed E-state index contributed by atoms with van der Waals surface area (Å²) in [4.78, 5) is 12.9. The molecule has 0 unspecified atom stereocenters. The van der Waals surface area contributed by atoms with Crippen molar-refractivity contribution in [1.82, 2.24) is 5.32 Å². The Morgan fingerprint density at radius 1 is 0.867 bits per heavy atom. The summed E-state index contributed by atoms with van der Waals surface area (Å²) >= 11 is 0. The quantitative estimate of drug-likeness (QED) is 0.552. The molecule has 1 N–H and O–H groups in total. The standard InChI is InChI=1S/C26H29NO3/c1-4-21-17-24(29-2)25(30-3)18-22(21)23(15-19-11-7-5-8-12-19)27-26(28)16-20-13-9-6-10-14-20/h5-14,17-18,23H,4,15-16H2,1-3H3,(H,27,28)/t23-/m1/s1. The molecular weight excluding hydrogens is 374 g/mol. The third-order valence-corrected chi connectivity index (χ3v) is 5.23. The average molecular weight is 404 g/mol. The SMILES string of the molecule is CCc1cc(OC)c(OC)cc1[C@@H](Cc1ccccc1)NC(=O)Cc1ccccc1. The molecule has 3 aromatic rings. The second-order valence-corrected chi connectivity index (χ2v) is 7.23. The number of aryl methyl sites for hydroxylation is 1. The van der Waals surface area contributed by atoms with Crippen LogP contribution < -0.4 is 14.8 Å². The lowest BCUT2D eigenvalue weighted by atomic mass is 9.92. The molecule has 156 valence electrons. The number of methoxy groups -OCH3 is 2. The highest BCUT2D eigenvalue weighted by atomic mass is 16.5. The van der Waals surface area contributed by atoms with E-state index in [1.165, 1.54) is 5.56 Å². The number of carbonyl (C=O) groups excluding carboxylic acids is 1. The minimum Gasteiger partial charge on any atom is -0.493 e. The van der Waals surface area contributed by atoms with Gasteiger partial charge < -0.3 is 14.8 Å². The molecule has 0 aliphatic heterocycles. The topological polar surface area (TPSA) is 47.6 Å². The monoisotopic (exact) mass is 403 g/mol. The van der Waals surface area contributed by atoms with Gasteiger partial charge in [-0.1, -0.05) is 67.6 Å². The predicted molar refractivity (Wildman–Crippen MR) is 120 cm³/mol. The zero-order valence-corrected chi connectivity index (χ0v) is 17.9. The Bertz CT molecular complexity index is 955. The maximum Gasteiger partial charge on any atom is 0.224 e. The largest absolute Gasteiger partial charge is 0.493 e. The van der Waals surface area contributed by atoms with Crippen LogP contribution in [0.25, 0.3) is 0 Å². The summed E-state index contributed by atoms with van der Waals surface area (Å²) in [7, 11) is 3.27. The Morgan fingerprint density at radius 3 is 2.00 bits per heavy atom. The molecule has 0 heterocycles. The zero-order chi connectivity index (χ0) is 21.3. The van der Waals surface area contributed by atoms with Gasteiger partial charge in [-0.2, -0.15) is 0 Å². The molecule has 0 saturated heterocycles. The van der Waals surface area contributed by atoms with Gasteiger partial charge >= 0.3 is 0 Å². The summed E-state index contributed by atoms with van der Waals surface area (Å²) in [6, 6.07) is 23.9. The van der Waals surface area contributed by atoms with E-state index in [0.717, 1.165) is 23.1 Å². The molecule has 0 fully saturated rings. The first-order valence-corrected chi connectivity index (χ1v) is 10.3. The number of benzene rings is 3. The van der Waals surface area contributed by atoms with Crippen LogP contribution in [-0.4, -0.2) is 20.1 Å². The maximum atomic E-state index is 12.9. The first kappa shape index (κ1) is 21.4. The molecule has 0 spiro atoms. The van der Waals surface area contributed by atoms with Crippen LogP contribution in [0.4, 0.5) is 0 Å². The molecule has 3 rings (SSSR count). The smallest absolute Gasteiger partial charge is 0.224 e. The summed E-state index contributed by atoms with van der Waals surface area (Å²) < 4.78 is 11.0. The number of rotatable bonds is 9. The van der Waals surface area contributed by atoms with E-state index in [1.54, 1.807) is 14.2 Å². The molecule has 4 nitrogen and oxygen atoms in total. The summed E-state index contributed by atoms with van der Waals surface area (Å²) in [6.07, 6.45) is 1.88. The lowest BCUT2D eigenvalue weighted by Gasteiger charge is -2.24. The minimum atomic E-state index is -0.168. The fourth-order valence-electron chi connectivity index (χ4n) is 3.68. The van der Waals surface area contributed by atoms with Crippen LogP contribution in [0.15, 0.2) is 72.8 Å². The Morgan fingerprint density at radius 2 is 1.43 bits per heavy atom. The molecule has 0 aromatic heterocycles. The van der Waals surface area contributed by atoms with Gasteiger partial charge in [-0.05, 0) is 47.2 Å². The summed E-state index contributed by atoms with van der Waals surface area (Å²) in [5, 5.41) is 3.26. The van der Waals surface area contributed by atoms with E-state index >= 15 is 0 Å².